The van der Waals surface area contributed by atoms with Crippen LogP contribution in [0.4, 0.5) is 11.4 Å². The van der Waals surface area contributed by atoms with E-state index in [1.165, 1.54) is 11.3 Å². The van der Waals surface area contributed by atoms with Crippen LogP contribution in [-0.2, 0) is 4.74 Å². The molecule has 1 amide bonds. The van der Waals surface area contributed by atoms with Crippen molar-refractivity contribution in [1.29, 1.82) is 0 Å². The van der Waals surface area contributed by atoms with Crippen LogP contribution in [0.15, 0.2) is 12.3 Å². The number of morpholine rings is 1. The zero-order chi connectivity index (χ0) is 13.4. The first kappa shape index (κ1) is 12.2. The van der Waals surface area contributed by atoms with Gasteiger partial charge in [-0.3, -0.25) is 4.79 Å². The number of anilines is 2. The van der Waals surface area contributed by atoms with Crippen molar-refractivity contribution >= 4 is 38.8 Å². The number of aromatic nitrogens is 1. The second-order valence-corrected chi connectivity index (χ2v) is 5.32. The highest BCUT2D eigenvalue weighted by molar-refractivity contribution is 7.21. The van der Waals surface area contributed by atoms with Gasteiger partial charge in [0, 0.05) is 19.3 Å². The number of carbonyl (C=O) groups excluding carboxylic acids is 1. The smallest absolute Gasteiger partial charge is 0.260 e. The molecule has 1 fully saturated rings. The second-order valence-electron chi connectivity index (χ2n) is 4.32. The molecule has 0 spiro atoms. The molecule has 3 heterocycles. The van der Waals surface area contributed by atoms with E-state index in [0.29, 0.717) is 23.8 Å². The van der Waals surface area contributed by atoms with Crippen LogP contribution in [-0.4, -0.2) is 37.2 Å². The Morgan fingerprint density at radius 2 is 2.16 bits per heavy atom. The van der Waals surface area contributed by atoms with Crippen molar-refractivity contribution in [1.82, 2.24) is 4.98 Å². The molecule has 3 rings (SSSR count). The van der Waals surface area contributed by atoms with E-state index in [1.54, 1.807) is 6.20 Å². The summed E-state index contributed by atoms with van der Waals surface area (Å²) < 4.78 is 5.35. The van der Waals surface area contributed by atoms with Crippen molar-refractivity contribution < 1.29 is 9.53 Å². The lowest BCUT2D eigenvalue weighted by atomic mass is 10.2. The Balaban J connectivity index is 2.16. The van der Waals surface area contributed by atoms with Gasteiger partial charge in [0.15, 0.2) is 0 Å². The van der Waals surface area contributed by atoms with Crippen molar-refractivity contribution in [2.45, 2.75) is 0 Å². The summed E-state index contributed by atoms with van der Waals surface area (Å²) >= 11 is 1.24. The maximum atomic E-state index is 11.4. The fourth-order valence-corrected chi connectivity index (χ4v) is 3.22. The predicted molar refractivity (Wildman–Crippen MR) is 75.6 cm³/mol. The quantitative estimate of drug-likeness (QED) is 0.848. The third-order valence-corrected chi connectivity index (χ3v) is 4.31. The molecule has 100 valence electrons. The van der Waals surface area contributed by atoms with Crippen molar-refractivity contribution in [3.63, 3.8) is 0 Å². The Labute approximate surface area is 114 Å². The number of nitrogen functional groups attached to an aromatic ring is 1. The predicted octanol–water partition coefficient (Wildman–Crippen LogP) is 0.814. The monoisotopic (exact) mass is 278 g/mol. The molecule has 1 saturated heterocycles. The summed E-state index contributed by atoms with van der Waals surface area (Å²) in [4.78, 5) is 19.0. The SMILES string of the molecule is NC(=O)c1sc2nccc(N3CCOCC3)c2c1N. The summed E-state index contributed by atoms with van der Waals surface area (Å²) in [5.74, 6) is -0.506. The van der Waals surface area contributed by atoms with Crippen molar-refractivity contribution in [3.8, 4) is 0 Å². The summed E-state index contributed by atoms with van der Waals surface area (Å²) in [6.45, 7) is 2.99. The average Bonchev–Trinajstić information content (AvgIpc) is 2.78. The number of rotatable bonds is 2. The molecule has 2 aromatic heterocycles. The zero-order valence-corrected chi connectivity index (χ0v) is 11.1. The van der Waals surface area contributed by atoms with E-state index in [4.69, 9.17) is 16.2 Å². The third-order valence-electron chi connectivity index (χ3n) is 3.18. The van der Waals surface area contributed by atoms with Gasteiger partial charge in [-0.25, -0.2) is 4.98 Å². The Hall–Kier alpha value is -1.86. The Kier molecular flexibility index (Phi) is 3.00. The lowest BCUT2D eigenvalue weighted by molar-refractivity contribution is 0.100. The van der Waals surface area contributed by atoms with Crippen LogP contribution in [0.25, 0.3) is 10.2 Å². The van der Waals surface area contributed by atoms with Gasteiger partial charge in [0.1, 0.15) is 9.71 Å². The number of nitrogens with zero attached hydrogens (tertiary/aromatic N) is 2. The van der Waals surface area contributed by atoms with E-state index in [2.05, 4.69) is 9.88 Å². The number of ether oxygens (including phenoxy) is 1. The highest BCUT2D eigenvalue weighted by Crippen LogP contribution is 2.38. The lowest BCUT2D eigenvalue weighted by Gasteiger charge is -2.29. The molecule has 2 aromatic rings. The number of hydrogen-bond acceptors (Lipinski definition) is 6. The highest BCUT2D eigenvalue weighted by Gasteiger charge is 2.21. The topological polar surface area (TPSA) is 94.5 Å². The number of hydrogen-bond donors (Lipinski definition) is 2. The van der Waals surface area contributed by atoms with Gasteiger partial charge in [0.05, 0.1) is 30.0 Å². The minimum Gasteiger partial charge on any atom is -0.397 e. The molecule has 7 heteroatoms. The minimum atomic E-state index is -0.506. The average molecular weight is 278 g/mol. The normalized spacial score (nSPS) is 15.9. The van der Waals surface area contributed by atoms with E-state index >= 15 is 0 Å². The lowest BCUT2D eigenvalue weighted by Crippen LogP contribution is -2.36. The molecule has 4 N–H and O–H groups in total. The van der Waals surface area contributed by atoms with E-state index in [0.717, 1.165) is 29.0 Å². The van der Waals surface area contributed by atoms with Gasteiger partial charge in [-0.1, -0.05) is 0 Å². The summed E-state index contributed by atoms with van der Waals surface area (Å²) in [6.07, 6.45) is 1.73. The van der Waals surface area contributed by atoms with Crippen molar-refractivity contribution in [3.05, 3.63) is 17.1 Å². The van der Waals surface area contributed by atoms with E-state index in [1.807, 2.05) is 6.07 Å². The van der Waals surface area contributed by atoms with Crippen LogP contribution in [0, 0.1) is 0 Å². The number of nitrogens with two attached hydrogens (primary N) is 2. The van der Waals surface area contributed by atoms with E-state index in [-0.39, 0.29) is 0 Å². The maximum Gasteiger partial charge on any atom is 0.260 e. The Morgan fingerprint density at radius 1 is 1.42 bits per heavy atom. The van der Waals surface area contributed by atoms with Gasteiger partial charge in [-0.05, 0) is 6.07 Å². The minimum absolute atomic E-state index is 0.378. The van der Waals surface area contributed by atoms with Gasteiger partial charge in [0.25, 0.3) is 5.91 Å². The summed E-state index contributed by atoms with van der Waals surface area (Å²) in [5, 5.41) is 0.822. The molecule has 0 bridgehead atoms. The molecule has 0 aromatic carbocycles. The standard InChI is InChI=1S/C12H14N4O2S/c13-9-8-7(16-3-5-18-6-4-16)1-2-15-12(8)19-10(9)11(14)17/h1-2H,3-6,13H2,(H2,14,17). The largest absolute Gasteiger partial charge is 0.397 e. The number of fused-ring (bicyclic) bond motifs is 1. The summed E-state index contributed by atoms with van der Waals surface area (Å²) in [5.41, 5.74) is 12.8. The van der Waals surface area contributed by atoms with Crippen molar-refractivity contribution in [2.75, 3.05) is 36.9 Å². The number of pyridine rings is 1. The van der Waals surface area contributed by atoms with Gasteiger partial charge in [-0.15, -0.1) is 11.3 Å². The molecule has 6 nitrogen and oxygen atoms in total. The molecule has 0 aliphatic carbocycles. The van der Waals surface area contributed by atoms with Crippen molar-refractivity contribution in [2.24, 2.45) is 5.73 Å². The summed E-state index contributed by atoms with van der Waals surface area (Å²) in [6, 6.07) is 1.92. The van der Waals surface area contributed by atoms with Crippen LogP contribution < -0.4 is 16.4 Å². The number of carbonyl (C=O) groups is 1. The second kappa shape index (κ2) is 4.67. The first-order chi connectivity index (χ1) is 9.18. The first-order valence-corrected chi connectivity index (χ1v) is 6.79. The summed E-state index contributed by atoms with van der Waals surface area (Å²) in [7, 11) is 0. The van der Waals surface area contributed by atoms with Crippen LogP contribution in [0.1, 0.15) is 9.67 Å². The fourth-order valence-electron chi connectivity index (χ4n) is 2.28. The highest BCUT2D eigenvalue weighted by atomic mass is 32.1. The molecule has 1 aliphatic heterocycles. The molecular weight excluding hydrogens is 264 g/mol. The molecule has 19 heavy (non-hydrogen) atoms. The molecule has 0 saturated carbocycles. The van der Waals surface area contributed by atoms with Gasteiger partial charge in [0.2, 0.25) is 0 Å². The molecular formula is C12H14N4O2S. The van der Waals surface area contributed by atoms with E-state index in [9.17, 15) is 4.79 Å². The Morgan fingerprint density at radius 3 is 2.84 bits per heavy atom. The van der Waals surface area contributed by atoms with Crippen LogP contribution in [0.2, 0.25) is 0 Å². The Bertz CT molecular complexity index is 634. The van der Waals surface area contributed by atoms with Gasteiger partial charge < -0.3 is 21.1 Å². The third kappa shape index (κ3) is 2.00. The van der Waals surface area contributed by atoms with Crippen LogP contribution in [0.3, 0.4) is 0 Å². The number of thiophene rings is 1. The van der Waals surface area contributed by atoms with Gasteiger partial charge >= 0.3 is 0 Å². The zero-order valence-electron chi connectivity index (χ0n) is 10.3. The van der Waals surface area contributed by atoms with E-state index < -0.39 is 5.91 Å². The first-order valence-electron chi connectivity index (χ1n) is 5.98. The molecule has 1 aliphatic rings. The molecule has 0 unspecified atom stereocenters. The van der Waals surface area contributed by atoms with Gasteiger partial charge in [-0.2, -0.15) is 0 Å². The fraction of sp³-hybridized carbons (Fsp3) is 0.333. The maximum absolute atomic E-state index is 11.4. The van der Waals surface area contributed by atoms with Crippen LogP contribution >= 0.6 is 11.3 Å². The van der Waals surface area contributed by atoms with Crippen LogP contribution in [0.5, 0.6) is 0 Å². The number of primary amides is 1. The molecule has 0 atom stereocenters. The number of amides is 1. The molecule has 0 radical (unpaired) electrons.